The average molecular weight is 536 g/mol. The van der Waals surface area contributed by atoms with E-state index in [0.29, 0.717) is 6.42 Å². The van der Waals surface area contributed by atoms with Crippen molar-refractivity contribution in [3.05, 3.63) is 0 Å². The van der Waals surface area contributed by atoms with Crippen LogP contribution in [0.1, 0.15) is 84.5 Å². The standard InChI is InChI=1S/C25H33O8P.2Na/c1-3-5-7-9-11-12-13-15-17-19-21-24(27)33-25(22-31-34(28,29)30)32-23(26)20-18-16-14-10-8-6-4-2;;/h25H,3,5,7,9,11-13,15,17,19,21-22H2,1-2H3,(H2,28,29,30);;/q;2*+1/p-2/t25-;;/m1../s1. The molecule has 0 spiro atoms. The van der Waals surface area contributed by atoms with Crippen molar-refractivity contribution in [3.63, 3.8) is 0 Å². The monoisotopic (exact) mass is 536 g/mol. The van der Waals surface area contributed by atoms with E-state index in [1.165, 1.54) is 38.5 Å². The van der Waals surface area contributed by atoms with Gasteiger partial charge in [0.1, 0.15) is 6.61 Å². The molecule has 0 aliphatic rings. The van der Waals surface area contributed by atoms with Gasteiger partial charge in [-0.15, -0.1) is 0 Å². The van der Waals surface area contributed by atoms with Crippen LogP contribution in [0.5, 0.6) is 0 Å². The number of hydrogen-bond acceptors (Lipinski definition) is 8. The largest absolute Gasteiger partial charge is 1.00 e. The Morgan fingerprint density at radius 3 is 1.81 bits per heavy atom. The number of carbonyl (C=O) groups excluding carboxylic acids is 2. The normalized spacial score (nSPS) is 10.0. The van der Waals surface area contributed by atoms with Gasteiger partial charge >= 0.3 is 71.1 Å². The second-order valence-corrected chi connectivity index (χ2v) is 8.28. The molecule has 0 rings (SSSR count). The summed E-state index contributed by atoms with van der Waals surface area (Å²) in [6.07, 6.45) is 9.20. The van der Waals surface area contributed by atoms with Crippen LogP contribution in [-0.2, 0) is 28.2 Å². The van der Waals surface area contributed by atoms with Crippen LogP contribution in [0.3, 0.4) is 0 Å². The Labute approximate surface area is 259 Å². The third-order valence-corrected chi connectivity index (χ3v) is 4.67. The molecule has 1 atom stereocenters. The quantitative estimate of drug-likeness (QED) is 0.0380. The molecule has 0 saturated carbocycles. The van der Waals surface area contributed by atoms with Crippen LogP contribution in [0.15, 0.2) is 0 Å². The van der Waals surface area contributed by atoms with Crippen molar-refractivity contribution in [2.75, 3.05) is 6.61 Å². The van der Waals surface area contributed by atoms with E-state index in [2.05, 4.69) is 52.9 Å². The molecular formula is C25H31Na2O8P. The minimum Gasteiger partial charge on any atom is -0.790 e. The summed E-state index contributed by atoms with van der Waals surface area (Å²) < 4.78 is 24.4. The van der Waals surface area contributed by atoms with E-state index < -0.39 is 32.7 Å². The SMILES string of the molecule is CC#CC#CC#CC#CC(=O)O[C@@H](COP(=O)([O-])[O-])OC(=O)CCCCCCCCCCCC.[Na+].[Na+]. The van der Waals surface area contributed by atoms with E-state index in [0.717, 1.165) is 19.3 Å². The number of ether oxygens (including phenoxy) is 2. The summed E-state index contributed by atoms with van der Waals surface area (Å²) in [5.74, 6) is 16.7. The Morgan fingerprint density at radius 2 is 1.28 bits per heavy atom. The van der Waals surface area contributed by atoms with Gasteiger partial charge in [0.05, 0.1) is 7.82 Å². The maximum atomic E-state index is 12.0. The predicted octanol–water partition coefficient (Wildman–Crippen LogP) is -3.40. The fraction of sp³-hybridized carbons (Fsp3) is 0.600. The molecular weight excluding hydrogens is 505 g/mol. The molecule has 0 saturated heterocycles. The van der Waals surface area contributed by atoms with Gasteiger partial charge in [-0.3, -0.25) is 4.79 Å². The summed E-state index contributed by atoms with van der Waals surface area (Å²) >= 11 is 0. The van der Waals surface area contributed by atoms with E-state index in [9.17, 15) is 23.9 Å². The summed E-state index contributed by atoms with van der Waals surface area (Å²) in [5.41, 5.74) is 0. The van der Waals surface area contributed by atoms with E-state index in [4.69, 9.17) is 9.47 Å². The molecule has 186 valence electrons. The van der Waals surface area contributed by atoms with Crippen molar-refractivity contribution in [3.8, 4) is 47.4 Å². The van der Waals surface area contributed by atoms with Gasteiger partial charge in [0.15, 0.2) is 0 Å². The Bertz CT molecular complexity index is 917. The maximum Gasteiger partial charge on any atom is 1.00 e. The number of esters is 2. The van der Waals surface area contributed by atoms with Crippen LogP contribution in [-0.4, -0.2) is 24.8 Å². The van der Waals surface area contributed by atoms with Crippen LogP contribution in [0, 0.1) is 47.4 Å². The Morgan fingerprint density at radius 1 is 0.778 bits per heavy atom. The third-order valence-electron chi connectivity index (χ3n) is 4.21. The molecule has 8 nitrogen and oxygen atoms in total. The van der Waals surface area contributed by atoms with E-state index in [1.54, 1.807) is 6.92 Å². The molecule has 0 heterocycles. The van der Waals surface area contributed by atoms with Gasteiger partial charge in [0, 0.05) is 12.3 Å². The van der Waals surface area contributed by atoms with Crippen LogP contribution in [0.2, 0.25) is 0 Å². The minimum absolute atomic E-state index is 0. The van der Waals surface area contributed by atoms with Gasteiger partial charge in [-0.1, -0.05) is 70.6 Å². The van der Waals surface area contributed by atoms with Crippen molar-refractivity contribution < 1.29 is 97.1 Å². The molecule has 36 heavy (non-hydrogen) atoms. The van der Waals surface area contributed by atoms with Gasteiger partial charge in [-0.2, -0.15) is 0 Å². The molecule has 0 unspecified atom stereocenters. The first kappa shape index (κ1) is 39.8. The Kier molecular flexibility index (Phi) is 30.2. The van der Waals surface area contributed by atoms with Crippen molar-refractivity contribution >= 4 is 19.8 Å². The minimum atomic E-state index is -5.36. The molecule has 0 aromatic carbocycles. The topological polar surface area (TPSA) is 125 Å². The summed E-state index contributed by atoms with van der Waals surface area (Å²) in [4.78, 5) is 45.1. The van der Waals surface area contributed by atoms with Gasteiger partial charge in [0.25, 0.3) is 6.29 Å². The van der Waals surface area contributed by atoms with Gasteiger partial charge in [0.2, 0.25) is 0 Å². The predicted molar refractivity (Wildman–Crippen MR) is 123 cm³/mol. The zero-order valence-electron chi connectivity index (χ0n) is 21.8. The summed E-state index contributed by atoms with van der Waals surface area (Å²) in [6, 6.07) is 0. The van der Waals surface area contributed by atoms with Crippen LogP contribution in [0.4, 0.5) is 0 Å². The first-order valence-corrected chi connectivity index (χ1v) is 12.7. The Hall–Kier alpha value is -0.710. The first-order valence-electron chi connectivity index (χ1n) is 11.3. The third kappa shape index (κ3) is 29.5. The van der Waals surface area contributed by atoms with Gasteiger partial charge in [-0.05, 0) is 48.9 Å². The van der Waals surface area contributed by atoms with Crippen LogP contribution < -0.4 is 68.9 Å². The molecule has 0 bridgehead atoms. The molecule has 0 radical (unpaired) electrons. The van der Waals surface area contributed by atoms with E-state index >= 15 is 0 Å². The zero-order valence-corrected chi connectivity index (χ0v) is 26.7. The van der Waals surface area contributed by atoms with Crippen molar-refractivity contribution in [2.24, 2.45) is 0 Å². The van der Waals surface area contributed by atoms with Crippen molar-refractivity contribution in [1.82, 2.24) is 0 Å². The fourth-order valence-corrected chi connectivity index (χ4v) is 2.93. The number of phosphoric acid groups is 1. The second kappa shape index (κ2) is 27.3. The summed E-state index contributed by atoms with van der Waals surface area (Å²) in [5, 5.41) is 0. The van der Waals surface area contributed by atoms with Gasteiger partial charge < -0.3 is 28.3 Å². The summed E-state index contributed by atoms with van der Waals surface area (Å²) in [6.45, 7) is 2.83. The number of hydrogen-bond donors (Lipinski definition) is 0. The van der Waals surface area contributed by atoms with E-state index in [1.807, 2.05) is 5.92 Å². The number of rotatable bonds is 16. The fourth-order valence-electron chi connectivity index (χ4n) is 2.63. The van der Waals surface area contributed by atoms with Crippen molar-refractivity contribution in [2.45, 2.75) is 90.8 Å². The number of carbonyl (C=O) groups is 2. The van der Waals surface area contributed by atoms with Crippen molar-refractivity contribution in [1.29, 1.82) is 0 Å². The molecule has 0 aliphatic carbocycles. The zero-order chi connectivity index (χ0) is 25.5. The molecule has 0 aliphatic heterocycles. The summed E-state index contributed by atoms with van der Waals surface area (Å²) in [7, 11) is -5.36. The number of phosphoric ester groups is 1. The van der Waals surface area contributed by atoms with Gasteiger partial charge in [-0.25, -0.2) is 4.79 Å². The smallest absolute Gasteiger partial charge is 0.790 e. The number of unbranched alkanes of at least 4 members (excludes halogenated alkanes) is 9. The maximum absolute atomic E-state index is 12.0. The Balaban J connectivity index is -0.00000544. The van der Waals surface area contributed by atoms with Crippen LogP contribution >= 0.6 is 7.82 Å². The molecule has 0 amide bonds. The average Bonchev–Trinajstić information content (AvgIpc) is 2.77. The molecule has 0 aromatic heterocycles. The van der Waals surface area contributed by atoms with E-state index in [-0.39, 0.29) is 65.5 Å². The first-order chi connectivity index (χ1) is 16.3. The molecule has 11 heteroatoms. The molecule has 0 N–H and O–H groups in total. The molecule has 0 fully saturated rings. The molecule has 0 aromatic rings. The second-order valence-electron chi connectivity index (χ2n) is 7.12. The van der Waals surface area contributed by atoms with Crippen LogP contribution in [0.25, 0.3) is 0 Å².